The molecule has 0 aromatic carbocycles. The molecule has 0 unspecified atom stereocenters. The van der Waals surface area contributed by atoms with Gasteiger partial charge in [0.1, 0.15) is 11.2 Å². The maximum atomic E-state index is 11.8. The Kier molecular flexibility index (Phi) is 5.20. The monoisotopic (exact) mass is 394 g/mol. The molecule has 2 aromatic rings. The summed E-state index contributed by atoms with van der Waals surface area (Å²) in [6, 6.07) is 3.69. The second kappa shape index (κ2) is 7.25. The van der Waals surface area contributed by atoms with Gasteiger partial charge in [-0.25, -0.2) is 9.78 Å². The first-order valence-electron chi connectivity index (χ1n) is 8.35. The summed E-state index contributed by atoms with van der Waals surface area (Å²) in [7, 11) is 0. The van der Waals surface area contributed by atoms with Gasteiger partial charge in [0, 0.05) is 16.2 Å². The molecule has 0 radical (unpaired) electrons. The van der Waals surface area contributed by atoms with Crippen molar-refractivity contribution in [2.45, 2.75) is 44.6 Å². The smallest absolute Gasteiger partial charge is 0.355 e. The fourth-order valence-electron chi connectivity index (χ4n) is 3.27. The minimum atomic E-state index is -1.12. The van der Waals surface area contributed by atoms with E-state index in [1.54, 1.807) is 4.57 Å². The van der Waals surface area contributed by atoms with Gasteiger partial charge in [-0.3, -0.25) is 4.79 Å². The molecule has 0 saturated carbocycles. The maximum Gasteiger partial charge on any atom is 0.355 e. The topological polar surface area (TPSA) is 92.4 Å². The van der Waals surface area contributed by atoms with Crippen LogP contribution < -0.4 is 0 Å². The summed E-state index contributed by atoms with van der Waals surface area (Å²) >= 11 is 7.43. The van der Waals surface area contributed by atoms with E-state index < -0.39 is 17.4 Å². The average molecular weight is 395 g/mol. The van der Waals surface area contributed by atoms with Gasteiger partial charge >= 0.3 is 11.9 Å². The summed E-state index contributed by atoms with van der Waals surface area (Å²) in [6.07, 6.45) is 6.17. The number of aliphatic carboxylic acids is 1. The summed E-state index contributed by atoms with van der Waals surface area (Å²) < 4.78 is 1.62. The standard InChI is InChI=1S/C18H19ClN2O4S/c1-2-5-13-20-15(19)14(16(22)23)21(13)10-11-6-7-12(26-11)18(17(24)25)8-3-4-9-18/h3-4,6-7H,2,5,8-10H2,1H3,(H,22,23)(H,24,25). The van der Waals surface area contributed by atoms with E-state index in [9.17, 15) is 19.8 Å². The van der Waals surface area contributed by atoms with Crippen molar-refractivity contribution in [3.63, 3.8) is 0 Å². The summed E-state index contributed by atoms with van der Waals surface area (Å²) in [6.45, 7) is 2.30. The normalized spacial score (nSPS) is 15.5. The van der Waals surface area contributed by atoms with Crippen LogP contribution in [0.3, 0.4) is 0 Å². The van der Waals surface area contributed by atoms with Crippen molar-refractivity contribution in [2.75, 3.05) is 0 Å². The Morgan fingerprint density at radius 2 is 2.00 bits per heavy atom. The van der Waals surface area contributed by atoms with E-state index in [1.165, 1.54) is 11.3 Å². The lowest BCUT2D eigenvalue weighted by Gasteiger charge is -2.22. The van der Waals surface area contributed by atoms with Crippen molar-refractivity contribution >= 4 is 34.9 Å². The lowest BCUT2D eigenvalue weighted by Crippen LogP contribution is -2.31. The SMILES string of the molecule is CCCc1nc(Cl)c(C(=O)O)n1Cc1ccc(C2(C(=O)O)CC=CC2)s1. The number of allylic oxidation sites excluding steroid dienone is 2. The molecule has 3 rings (SSSR count). The molecular weight excluding hydrogens is 376 g/mol. The first-order valence-corrected chi connectivity index (χ1v) is 9.54. The zero-order chi connectivity index (χ0) is 18.9. The van der Waals surface area contributed by atoms with Gasteiger partial charge in [0.05, 0.1) is 6.54 Å². The predicted molar refractivity (Wildman–Crippen MR) is 99.3 cm³/mol. The molecule has 6 nitrogen and oxygen atoms in total. The largest absolute Gasteiger partial charge is 0.481 e. The van der Waals surface area contributed by atoms with Crippen molar-refractivity contribution in [3.8, 4) is 0 Å². The number of nitrogens with zero attached hydrogens (tertiary/aromatic N) is 2. The number of halogens is 1. The van der Waals surface area contributed by atoms with Crippen LogP contribution in [0.5, 0.6) is 0 Å². The van der Waals surface area contributed by atoms with Gasteiger partial charge in [-0.05, 0) is 31.4 Å². The third-order valence-electron chi connectivity index (χ3n) is 4.64. The molecule has 0 fully saturated rings. The van der Waals surface area contributed by atoms with Crippen LogP contribution in [0.15, 0.2) is 24.3 Å². The number of aromatic carboxylic acids is 1. The Bertz CT molecular complexity index is 876. The van der Waals surface area contributed by atoms with Crippen LogP contribution in [0.1, 0.15) is 52.3 Å². The van der Waals surface area contributed by atoms with Gasteiger partial charge in [-0.1, -0.05) is 30.7 Å². The molecule has 1 aliphatic carbocycles. The molecule has 138 valence electrons. The van der Waals surface area contributed by atoms with Gasteiger partial charge in [0.15, 0.2) is 10.8 Å². The molecule has 0 saturated heterocycles. The highest BCUT2D eigenvalue weighted by Crippen LogP contribution is 2.41. The molecular formula is C18H19ClN2O4S. The highest BCUT2D eigenvalue weighted by Gasteiger charge is 2.42. The lowest BCUT2D eigenvalue weighted by molar-refractivity contribution is -0.143. The van der Waals surface area contributed by atoms with Gasteiger partial charge < -0.3 is 14.8 Å². The van der Waals surface area contributed by atoms with E-state index >= 15 is 0 Å². The van der Waals surface area contributed by atoms with Crippen molar-refractivity contribution in [2.24, 2.45) is 0 Å². The molecule has 8 heteroatoms. The van der Waals surface area contributed by atoms with Crippen LogP contribution in [0, 0.1) is 0 Å². The predicted octanol–water partition coefficient (Wildman–Crippen LogP) is 3.97. The minimum absolute atomic E-state index is 0.0141. The number of aromatic nitrogens is 2. The molecule has 2 N–H and O–H groups in total. The van der Waals surface area contributed by atoms with Crippen molar-refractivity contribution < 1.29 is 19.8 Å². The summed E-state index contributed by atoms with van der Waals surface area (Å²) in [5, 5.41) is 19.2. The summed E-state index contributed by atoms with van der Waals surface area (Å²) in [5.74, 6) is -1.33. The zero-order valence-corrected chi connectivity index (χ0v) is 15.8. The number of hydrogen-bond donors (Lipinski definition) is 2. The van der Waals surface area contributed by atoms with Crippen LogP contribution >= 0.6 is 22.9 Å². The van der Waals surface area contributed by atoms with Crippen molar-refractivity contribution in [3.05, 3.63) is 50.7 Å². The van der Waals surface area contributed by atoms with Crippen molar-refractivity contribution in [1.29, 1.82) is 0 Å². The Balaban J connectivity index is 1.95. The Morgan fingerprint density at radius 3 is 2.58 bits per heavy atom. The fourth-order valence-corrected chi connectivity index (χ4v) is 4.74. The van der Waals surface area contributed by atoms with E-state index in [-0.39, 0.29) is 10.8 Å². The average Bonchev–Trinajstić information content (AvgIpc) is 3.28. The molecule has 26 heavy (non-hydrogen) atoms. The Morgan fingerprint density at radius 1 is 1.31 bits per heavy atom. The molecule has 2 aromatic heterocycles. The van der Waals surface area contributed by atoms with Crippen LogP contribution in [0.4, 0.5) is 0 Å². The third kappa shape index (κ3) is 3.17. The number of aryl methyl sites for hydroxylation is 1. The Labute approximate surface area is 159 Å². The van der Waals surface area contributed by atoms with Crippen molar-refractivity contribution in [1.82, 2.24) is 9.55 Å². The number of thiophene rings is 1. The molecule has 0 bridgehead atoms. The molecule has 0 amide bonds. The van der Waals surface area contributed by atoms with E-state index in [0.29, 0.717) is 31.6 Å². The first-order chi connectivity index (χ1) is 12.4. The molecule has 2 heterocycles. The summed E-state index contributed by atoms with van der Waals surface area (Å²) in [4.78, 5) is 29.3. The lowest BCUT2D eigenvalue weighted by atomic mass is 9.84. The number of carboxylic acids is 2. The molecule has 0 atom stereocenters. The number of carboxylic acid groups (broad SMARTS) is 2. The van der Waals surface area contributed by atoms with E-state index in [2.05, 4.69) is 4.98 Å². The van der Waals surface area contributed by atoms with Crippen LogP contribution in [-0.4, -0.2) is 31.7 Å². The maximum absolute atomic E-state index is 11.8. The number of rotatable bonds is 7. The number of hydrogen-bond acceptors (Lipinski definition) is 4. The van der Waals surface area contributed by atoms with Gasteiger partial charge in [-0.2, -0.15) is 0 Å². The number of imidazole rings is 1. The minimum Gasteiger partial charge on any atom is -0.481 e. The quantitative estimate of drug-likeness (QED) is 0.693. The van der Waals surface area contributed by atoms with Gasteiger partial charge in [0.2, 0.25) is 0 Å². The first kappa shape index (κ1) is 18.7. The fraction of sp³-hybridized carbons (Fsp3) is 0.389. The van der Waals surface area contributed by atoms with Gasteiger partial charge in [0.25, 0.3) is 0 Å². The Hall–Kier alpha value is -2.12. The number of carbonyl (C=O) groups is 2. The molecule has 1 aliphatic rings. The van der Waals surface area contributed by atoms with Crippen LogP contribution in [0.2, 0.25) is 5.15 Å². The van der Waals surface area contributed by atoms with E-state index in [4.69, 9.17) is 11.6 Å². The highest BCUT2D eigenvalue weighted by atomic mass is 35.5. The van der Waals surface area contributed by atoms with E-state index in [0.717, 1.165) is 16.2 Å². The van der Waals surface area contributed by atoms with Gasteiger partial charge in [-0.15, -0.1) is 11.3 Å². The van der Waals surface area contributed by atoms with Crippen LogP contribution in [-0.2, 0) is 23.2 Å². The highest BCUT2D eigenvalue weighted by molar-refractivity contribution is 7.12. The van der Waals surface area contributed by atoms with E-state index in [1.807, 2.05) is 31.2 Å². The van der Waals surface area contributed by atoms with Crippen LogP contribution in [0.25, 0.3) is 0 Å². The molecule has 0 aliphatic heterocycles. The zero-order valence-electron chi connectivity index (χ0n) is 14.2. The second-order valence-electron chi connectivity index (χ2n) is 6.34. The third-order valence-corrected chi connectivity index (χ3v) is 6.17. The molecule has 0 spiro atoms. The summed E-state index contributed by atoms with van der Waals surface area (Å²) in [5.41, 5.74) is -0.933. The second-order valence-corrected chi connectivity index (χ2v) is 7.87.